The summed E-state index contributed by atoms with van der Waals surface area (Å²) in [5, 5.41) is 13.1. The van der Waals surface area contributed by atoms with Gasteiger partial charge >= 0.3 is 0 Å². The first-order chi connectivity index (χ1) is 16.3. The Morgan fingerprint density at radius 1 is 1.12 bits per heavy atom. The van der Waals surface area contributed by atoms with E-state index in [1.54, 1.807) is 36.4 Å². The van der Waals surface area contributed by atoms with E-state index >= 15 is 0 Å². The Morgan fingerprint density at radius 3 is 2.53 bits per heavy atom. The van der Waals surface area contributed by atoms with Crippen LogP contribution in [0.1, 0.15) is 11.4 Å². The second kappa shape index (κ2) is 10.6. The summed E-state index contributed by atoms with van der Waals surface area (Å²) in [6, 6.07) is 18.1. The second-order valence-electron chi connectivity index (χ2n) is 7.05. The van der Waals surface area contributed by atoms with Crippen LogP contribution >= 0.6 is 55.1 Å². The van der Waals surface area contributed by atoms with E-state index < -0.39 is 0 Å². The number of fused-ring (bicyclic) bond motifs is 1. The zero-order chi connectivity index (χ0) is 24.2. The fourth-order valence-electron chi connectivity index (χ4n) is 3.11. The largest absolute Gasteiger partial charge is 0.481 e. The number of benzene rings is 3. The van der Waals surface area contributed by atoms with Crippen LogP contribution in [0.15, 0.2) is 63.5 Å². The quantitative estimate of drug-likeness (QED) is 0.219. The minimum Gasteiger partial charge on any atom is -0.481 e. The topological polar surface area (TPSA) is 90.8 Å². The molecule has 0 aliphatic rings. The van der Waals surface area contributed by atoms with Crippen LogP contribution in [0.5, 0.6) is 5.75 Å². The van der Waals surface area contributed by atoms with Crippen molar-refractivity contribution in [3.05, 3.63) is 85.0 Å². The number of aromatic amines is 1. The number of nitrogens with zero attached hydrogens (tertiary/aromatic N) is 2. The van der Waals surface area contributed by atoms with Gasteiger partial charge in [-0.3, -0.25) is 4.79 Å². The van der Waals surface area contributed by atoms with Gasteiger partial charge in [0.15, 0.2) is 6.61 Å². The second-order valence-corrected chi connectivity index (χ2v) is 9.57. The maximum atomic E-state index is 12.3. The molecule has 0 atom stereocenters. The lowest BCUT2D eigenvalue weighted by Gasteiger charge is -2.12. The highest BCUT2D eigenvalue weighted by atomic mass is 79.9. The number of nitriles is 1. The first-order valence-electron chi connectivity index (χ1n) is 9.77. The summed E-state index contributed by atoms with van der Waals surface area (Å²) in [5.41, 5.74) is 3.26. The van der Waals surface area contributed by atoms with Crippen molar-refractivity contribution in [3.8, 4) is 11.8 Å². The maximum Gasteiger partial charge on any atom is 0.262 e. The van der Waals surface area contributed by atoms with Gasteiger partial charge in [0.05, 0.1) is 35.6 Å². The molecular weight excluding hydrogens is 607 g/mol. The molecule has 0 saturated heterocycles. The number of halogens is 4. The van der Waals surface area contributed by atoms with Crippen molar-refractivity contribution in [2.24, 2.45) is 0 Å². The first kappa shape index (κ1) is 24.3. The van der Waals surface area contributed by atoms with E-state index in [0.717, 1.165) is 16.6 Å². The van der Waals surface area contributed by atoms with Gasteiger partial charge in [-0.1, -0.05) is 35.3 Å². The molecule has 0 aliphatic carbocycles. The molecule has 0 unspecified atom stereocenters. The summed E-state index contributed by atoms with van der Waals surface area (Å²) in [4.78, 5) is 19.9. The minimum atomic E-state index is -0.363. The molecule has 0 spiro atoms. The molecule has 6 nitrogen and oxygen atoms in total. The molecule has 1 heterocycles. The highest BCUT2D eigenvalue weighted by Crippen LogP contribution is 2.36. The Labute approximate surface area is 221 Å². The zero-order valence-electron chi connectivity index (χ0n) is 17.2. The van der Waals surface area contributed by atoms with Crippen LogP contribution in [0.4, 0.5) is 5.69 Å². The molecule has 4 rings (SSSR count). The van der Waals surface area contributed by atoms with Gasteiger partial charge in [0.25, 0.3) is 5.91 Å². The Balaban J connectivity index is 1.49. The molecule has 170 valence electrons. The third-order valence-electron chi connectivity index (χ3n) is 4.65. The van der Waals surface area contributed by atoms with Crippen molar-refractivity contribution in [1.82, 2.24) is 9.97 Å². The van der Waals surface area contributed by atoms with Gasteiger partial charge in [0.1, 0.15) is 17.6 Å². The average Bonchev–Trinajstić information content (AvgIpc) is 3.23. The highest BCUT2D eigenvalue weighted by molar-refractivity contribution is 9.11. The van der Waals surface area contributed by atoms with Gasteiger partial charge in [0, 0.05) is 5.69 Å². The number of ether oxygens (including phenoxy) is 1. The van der Waals surface area contributed by atoms with E-state index in [-0.39, 0.29) is 12.5 Å². The van der Waals surface area contributed by atoms with Gasteiger partial charge < -0.3 is 15.0 Å². The van der Waals surface area contributed by atoms with E-state index in [1.165, 1.54) is 0 Å². The van der Waals surface area contributed by atoms with E-state index in [0.29, 0.717) is 41.8 Å². The van der Waals surface area contributed by atoms with Gasteiger partial charge in [-0.05, 0) is 86.0 Å². The lowest BCUT2D eigenvalue weighted by molar-refractivity contribution is -0.118. The van der Waals surface area contributed by atoms with Crippen molar-refractivity contribution < 1.29 is 9.53 Å². The Hall–Kier alpha value is -2.83. The van der Waals surface area contributed by atoms with Crippen LogP contribution in [0.25, 0.3) is 22.7 Å². The smallest absolute Gasteiger partial charge is 0.262 e. The third kappa shape index (κ3) is 5.62. The summed E-state index contributed by atoms with van der Waals surface area (Å²) in [6.07, 6.45) is 1.72. The Bertz CT molecular complexity index is 1420. The number of H-pyrrole nitrogens is 1. The van der Waals surface area contributed by atoms with Crippen LogP contribution in [0.2, 0.25) is 10.0 Å². The van der Waals surface area contributed by atoms with E-state index in [9.17, 15) is 10.1 Å². The number of hydrogen-bond donors (Lipinski definition) is 2. The van der Waals surface area contributed by atoms with E-state index in [2.05, 4.69) is 53.2 Å². The molecule has 2 N–H and O–H groups in total. The summed E-state index contributed by atoms with van der Waals surface area (Å²) >= 11 is 18.8. The molecule has 10 heteroatoms. The minimum absolute atomic E-state index is 0.227. The number of anilines is 1. The number of amides is 1. The van der Waals surface area contributed by atoms with E-state index in [4.69, 9.17) is 27.9 Å². The lowest BCUT2D eigenvalue weighted by Crippen LogP contribution is -2.20. The number of allylic oxidation sites excluding steroid dienone is 1. The number of rotatable bonds is 6. The molecule has 0 bridgehead atoms. The monoisotopic (exact) mass is 618 g/mol. The fourth-order valence-corrected chi connectivity index (χ4v) is 4.86. The molecule has 0 radical (unpaired) electrons. The molecule has 3 aromatic carbocycles. The van der Waals surface area contributed by atoms with Gasteiger partial charge in [0.2, 0.25) is 0 Å². The zero-order valence-corrected chi connectivity index (χ0v) is 21.9. The fraction of sp³-hybridized carbons (Fsp3) is 0.0417. The number of carbonyl (C=O) groups excluding carboxylic acids is 1. The van der Waals surface area contributed by atoms with Crippen molar-refractivity contribution >= 4 is 89.3 Å². The van der Waals surface area contributed by atoms with Crippen LogP contribution in [-0.2, 0) is 4.79 Å². The Kier molecular flexibility index (Phi) is 7.59. The third-order valence-corrected chi connectivity index (χ3v) is 6.56. The van der Waals surface area contributed by atoms with Crippen molar-refractivity contribution in [1.29, 1.82) is 5.26 Å². The number of imidazole rings is 1. The highest BCUT2D eigenvalue weighted by Gasteiger charge is 2.13. The van der Waals surface area contributed by atoms with Gasteiger partial charge in [-0.15, -0.1) is 0 Å². The average molecular weight is 621 g/mol. The Morgan fingerprint density at radius 2 is 1.85 bits per heavy atom. The lowest BCUT2D eigenvalue weighted by atomic mass is 10.1. The molecule has 34 heavy (non-hydrogen) atoms. The summed E-state index contributed by atoms with van der Waals surface area (Å²) in [5.74, 6) is 0.566. The molecule has 1 amide bonds. The van der Waals surface area contributed by atoms with Crippen molar-refractivity contribution in [2.75, 3.05) is 11.9 Å². The number of carbonyl (C=O) groups is 1. The standard InChI is InChI=1S/C24H14Br2Cl2N4O2/c25-16-8-13(7-14(11-29)24-31-20-3-1-2-4-21(20)32-24)9-17(26)23(16)34-12-22(33)30-15-5-6-18(27)19(28)10-15/h1-10H,12H2,(H,30,33)(H,31,32)/b14-7+. The molecule has 1 aromatic heterocycles. The van der Waals surface area contributed by atoms with Crippen molar-refractivity contribution in [3.63, 3.8) is 0 Å². The summed E-state index contributed by atoms with van der Waals surface area (Å²) < 4.78 is 6.91. The number of nitrogens with one attached hydrogen (secondary N) is 2. The van der Waals surface area contributed by atoms with Gasteiger partial charge in [-0.25, -0.2) is 4.98 Å². The summed E-state index contributed by atoms with van der Waals surface area (Å²) in [6.45, 7) is -0.227. The number of hydrogen-bond acceptors (Lipinski definition) is 4. The van der Waals surface area contributed by atoms with Crippen LogP contribution in [0.3, 0.4) is 0 Å². The SMILES string of the molecule is N#C/C(=C\c1cc(Br)c(OCC(=O)Nc2ccc(Cl)c(Cl)c2)c(Br)c1)c1nc2ccccc2[nH]1. The van der Waals surface area contributed by atoms with Crippen LogP contribution in [0, 0.1) is 11.3 Å². The normalized spacial score (nSPS) is 11.3. The molecular formula is C24H14Br2Cl2N4O2. The number of aromatic nitrogens is 2. The van der Waals surface area contributed by atoms with Crippen molar-refractivity contribution in [2.45, 2.75) is 0 Å². The van der Waals surface area contributed by atoms with Gasteiger partial charge in [-0.2, -0.15) is 5.26 Å². The predicted molar refractivity (Wildman–Crippen MR) is 142 cm³/mol. The van der Waals surface area contributed by atoms with Crippen LogP contribution in [-0.4, -0.2) is 22.5 Å². The first-order valence-corrected chi connectivity index (χ1v) is 12.1. The molecule has 0 saturated carbocycles. The van der Waals surface area contributed by atoms with Crippen LogP contribution < -0.4 is 10.1 Å². The van der Waals surface area contributed by atoms with E-state index in [1.807, 2.05) is 24.3 Å². The predicted octanol–water partition coefficient (Wildman–Crippen LogP) is 7.48. The maximum absolute atomic E-state index is 12.3. The summed E-state index contributed by atoms with van der Waals surface area (Å²) in [7, 11) is 0. The molecule has 0 aliphatic heterocycles. The molecule has 0 fully saturated rings. The number of para-hydroxylation sites is 2. The molecule has 4 aromatic rings.